The average Bonchev–Trinajstić information content (AvgIpc) is 3.43. The molecular weight excluding hydrogens is 538 g/mol. The van der Waals surface area contributed by atoms with Crippen LogP contribution in [0.4, 0.5) is 8.78 Å². The second kappa shape index (κ2) is 11.8. The molecule has 6 nitrogen and oxygen atoms in total. The van der Waals surface area contributed by atoms with E-state index in [1.54, 1.807) is 41.8 Å². The zero-order valence-electron chi connectivity index (χ0n) is 19.2. The summed E-state index contributed by atoms with van der Waals surface area (Å²) in [6, 6.07) is 12.4. The number of carbonyl (C=O) groups excluding carboxylic acids is 2. The molecule has 1 saturated heterocycles. The van der Waals surface area contributed by atoms with Crippen molar-refractivity contribution in [1.29, 1.82) is 0 Å². The number of benzene rings is 2. The fourth-order valence-corrected chi connectivity index (χ4v) is 5.75. The van der Waals surface area contributed by atoms with Crippen LogP contribution in [0.3, 0.4) is 0 Å². The van der Waals surface area contributed by atoms with Crippen molar-refractivity contribution in [2.45, 2.75) is 19.4 Å². The molecule has 190 valence electrons. The van der Waals surface area contributed by atoms with Gasteiger partial charge in [-0.1, -0.05) is 54.3 Å². The van der Waals surface area contributed by atoms with Gasteiger partial charge in [-0.2, -0.15) is 0 Å². The Morgan fingerprint density at radius 3 is 2.46 bits per heavy atom. The summed E-state index contributed by atoms with van der Waals surface area (Å²) in [7, 11) is 0. The highest BCUT2D eigenvalue weighted by Crippen LogP contribution is 2.35. The molecule has 0 bridgehead atoms. The smallest absolute Gasteiger partial charge is 0.307 e. The van der Waals surface area contributed by atoms with E-state index in [9.17, 15) is 23.2 Å². The summed E-state index contributed by atoms with van der Waals surface area (Å²) in [5.74, 6) is -3.29. The van der Waals surface area contributed by atoms with Gasteiger partial charge in [0.15, 0.2) is 11.6 Å². The van der Waals surface area contributed by atoms with E-state index < -0.39 is 17.6 Å². The number of amides is 2. The van der Waals surface area contributed by atoms with Crippen LogP contribution in [0, 0.1) is 11.6 Å². The third-order valence-electron chi connectivity index (χ3n) is 5.45. The molecule has 0 unspecified atom stereocenters. The molecule has 1 fully saturated rings. The molecule has 0 radical (unpaired) electrons. The van der Waals surface area contributed by atoms with Crippen molar-refractivity contribution in [3.63, 3.8) is 0 Å². The van der Waals surface area contributed by atoms with Gasteiger partial charge < -0.3 is 10.4 Å². The predicted molar refractivity (Wildman–Crippen MR) is 144 cm³/mol. The molecule has 0 spiro atoms. The number of hydrogen-bond acceptors (Lipinski definition) is 6. The molecule has 4 rings (SSSR count). The Balaban J connectivity index is 1.31. The number of thioether (sulfide) groups is 1. The Hall–Kier alpha value is -3.41. The summed E-state index contributed by atoms with van der Waals surface area (Å²) >= 11 is 7.84. The highest BCUT2D eigenvalue weighted by atomic mass is 32.2. The molecule has 1 aliphatic rings. The van der Waals surface area contributed by atoms with Gasteiger partial charge in [0.05, 0.1) is 11.3 Å². The molecule has 1 aliphatic heterocycles. The maximum Gasteiger partial charge on any atom is 0.307 e. The van der Waals surface area contributed by atoms with Crippen LogP contribution in [0.2, 0.25) is 0 Å². The molecule has 11 heteroatoms. The number of halogens is 2. The van der Waals surface area contributed by atoms with E-state index in [4.69, 9.17) is 17.3 Å². The number of carbonyl (C=O) groups is 3. The number of rotatable bonds is 9. The maximum atomic E-state index is 13.6. The fraction of sp³-hybridized carbons (Fsp3) is 0.154. The van der Waals surface area contributed by atoms with Crippen molar-refractivity contribution in [1.82, 2.24) is 10.2 Å². The normalized spacial score (nSPS) is 14.4. The van der Waals surface area contributed by atoms with E-state index in [1.807, 2.05) is 0 Å². The first kappa shape index (κ1) is 26.6. The SMILES string of the molecule is O=C(O)Cc1ccc(CNC(=O)CCN2C(=O)C(=Cc3cc(-c4ccc(F)c(F)c4)cs3)SC2=S)cc1. The van der Waals surface area contributed by atoms with Crippen molar-refractivity contribution in [3.05, 3.63) is 86.5 Å². The van der Waals surface area contributed by atoms with E-state index in [-0.39, 0.29) is 37.7 Å². The van der Waals surface area contributed by atoms with Crippen molar-refractivity contribution >= 4 is 63.5 Å². The van der Waals surface area contributed by atoms with Crippen molar-refractivity contribution in [2.75, 3.05) is 6.54 Å². The van der Waals surface area contributed by atoms with Crippen LogP contribution in [0.25, 0.3) is 17.2 Å². The monoisotopic (exact) mass is 558 g/mol. The van der Waals surface area contributed by atoms with Crippen molar-refractivity contribution < 1.29 is 28.3 Å². The molecule has 2 amide bonds. The van der Waals surface area contributed by atoms with Gasteiger partial charge in [-0.25, -0.2) is 8.78 Å². The van der Waals surface area contributed by atoms with Crippen LogP contribution in [0.15, 0.2) is 58.8 Å². The second-order valence-corrected chi connectivity index (χ2v) is 10.7. The number of aliphatic carboxylic acids is 1. The first-order valence-corrected chi connectivity index (χ1v) is 13.2. The standard InChI is InChI=1S/C26H20F2N2O4S3/c27-20-6-5-17(11-21(20)28)18-10-19(36-14-18)12-22-25(34)30(26(35)37-22)8-7-23(31)29-13-16-3-1-15(2-4-16)9-24(32)33/h1-6,10-12,14H,7-9,13H2,(H,29,31)(H,32,33). The Kier molecular flexibility index (Phi) is 8.47. The minimum atomic E-state index is -0.927. The lowest BCUT2D eigenvalue weighted by Crippen LogP contribution is -2.33. The minimum absolute atomic E-state index is 0.0628. The number of thiophene rings is 1. The maximum absolute atomic E-state index is 13.6. The molecular formula is C26H20F2N2O4S3. The Morgan fingerprint density at radius 2 is 1.76 bits per heavy atom. The Bertz CT molecular complexity index is 1400. The van der Waals surface area contributed by atoms with Gasteiger partial charge >= 0.3 is 5.97 Å². The summed E-state index contributed by atoms with van der Waals surface area (Å²) < 4.78 is 27.1. The van der Waals surface area contributed by atoms with Crippen LogP contribution in [-0.2, 0) is 27.3 Å². The summed E-state index contributed by atoms with van der Waals surface area (Å²) in [6.45, 7) is 0.416. The summed E-state index contributed by atoms with van der Waals surface area (Å²) in [6.07, 6.45) is 1.70. The summed E-state index contributed by atoms with van der Waals surface area (Å²) in [5.41, 5.74) is 2.74. The zero-order valence-corrected chi connectivity index (χ0v) is 21.7. The average molecular weight is 559 g/mol. The first-order valence-electron chi connectivity index (χ1n) is 11.1. The Labute approximate surface area is 225 Å². The highest BCUT2D eigenvalue weighted by Gasteiger charge is 2.32. The van der Waals surface area contributed by atoms with Crippen LogP contribution in [-0.4, -0.2) is 38.7 Å². The summed E-state index contributed by atoms with van der Waals surface area (Å²) in [4.78, 5) is 38.5. The number of nitrogens with one attached hydrogen (secondary N) is 1. The van der Waals surface area contributed by atoms with Crippen LogP contribution >= 0.6 is 35.3 Å². The van der Waals surface area contributed by atoms with Crippen molar-refractivity contribution in [2.24, 2.45) is 0 Å². The third-order valence-corrected chi connectivity index (χ3v) is 7.71. The van der Waals surface area contributed by atoms with Gasteiger partial charge in [0.2, 0.25) is 5.91 Å². The van der Waals surface area contributed by atoms with Gasteiger partial charge in [-0.3, -0.25) is 19.3 Å². The molecule has 2 heterocycles. The molecule has 2 N–H and O–H groups in total. The molecule has 2 aromatic carbocycles. The lowest BCUT2D eigenvalue weighted by atomic mass is 10.1. The van der Waals surface area contributed by atoms with E-state index in [1.165, 1.54) is 22.3 Å². The van der Waals surface area contributed by atoms with Crippen LogP contribution in [0.5, 0.6) is 0 Å². The molecule has 3 aromatic rings. The highest BCUT2D eigenvalue weighted by molar-refractivity contribution is 8.26. The van der Waals surface area contributed by atoms with Crippen molar-refractivity contribution in [3.8, 4) is 11.1 Å². The fourth-order valence-electron chi connectivity index (χ4n) is 3.53. The van der Waals surface area contributed by atoms with E-state index in [0.717, 1.165) is 34.3 Å². The lowest BCUT2D eigenvalue weighted by Gasteiger charge is -2.14. The quantitative estimate of drug-likeness (QED) is 0.276. The lowest BCUT2D eigenvalue weighted by molar-refractivity contribution is -0.136. The first-order chi connectivity index (χ1) is 17.7. The number of thiocarbonyl (C=S) groups is 1. The van der Waals surface area contributed by atoms with E-state index in [0.29, 0.717) is 25.9 Å². The van der Waals surface area contributed by atoms with Gasteiger partial charge in [-0.15, -0.1) is 11.3 Å². The van der Waals surface area contributed by atoms with Gasteiger partial charge in [0, 0.05) is 24.4 Å². The number of carboxylic acids is 1. The van der Waals surface area contributed by atoms with Gasteiger partial charge in [0.1, 0.15) is 4.32 Å². The van der Waals surface area contributed by atoms with Crippen LogP contribution < -0.4 is 5.32 Å². The molecule has 1 aromatic heterocycles. The molecule has 0 aliphatic carbocycles. The molecule has 0 atom stereocenters. The topological polar surface area (TPSA) is 86.7 Å². The van der Waals surface area contributed by atoms with Gasteiger partial charge in [0.25, 0.3) is 5.91 Å². The Morgan fingerprint density at radius 1 is 1.03 bits per heavy atom. The van der Waals surface area contributed by atoms with E-state index >= 15 is 0 Å². The largest absolute Gasteiger partial charge is 0.481 e. The minimum Gasteiger partial charge on any atom is -0.481 e. The zero-order chi connectivity index (χ0) is 26.5. The predicted octanol–water partition coefficient (Wildman–Crippen LogP) is 5.23. The number of nitrogens with zero attached hydrogens (tertiary/aromatic N) is 1. The van der Waals surface area contributed by atoms with E-state index in [2.05, 4.69) is 5.32 Å². The second-order valence-electron chi connectivity index (χ2n) is 8.11. The number of hydrogen-bond donors (Lipinski definition) is 2. The third kappa shape index (κ3) is 6.88. The van der Waals surface area contributed by atoms with Gasteiger partial charge in [-0.05, 0) is 51.9 Å². The molecule has 0 saturated carbocycles. The molecule has 37 heavy (non-hydrogen) atoms. The number of carboxylic acid groups (broad SMARTS) is 1. The van der Waals surface area contributed by atoms with Crippen LogP contribution in [0.1, 0.15) is 22.4 Å². The summed E-state index contributed by atoms with van der Waals surface area (Å²) in [5, 5.41) is 13.4.